The average Bonchev–Trinajstić information content (AvgIpc) is 2.90. The summed E-state index contributed by atoms with van der Waals surface area (Å²) in [6, 6.07) is 15.5. The molecular weight excluding hydrogens is 288 g/mol. The molecule has 0 atom stereocenters. The lowest BCUT2D eigenvalue weighted by Gasteiger charge is -2.03. The van der Waals surface area contributed by atoms with E-state index in [4.69, 9.17) is 0 Å². The van der Waals surface area contributed by atoms with E-state index in [-0.39, 0.29) is 11.7 Å². The molecule has 3 rings (SSSR count). The number of carbonyl (C=O) groups excluding carboxylic acids is 1. The van der Waals surface area contributed by atoms with E-state index in [1.54, 1.807) is 4.68 Å². The molecule has 0 unspecified atom stereocenters. The third-order valence-electron chi connectivity index (χ3n) is 3.53. The number of nitrogens with one attached hydrogen (secondary N) is 1. The van der Waals surface area contributed by atoms with Crippen LogP contribution in [0.4, 0.5) is 5.69 Å². The number of hydrogen-bond acceptors (Lipinski definition) is 3. The summed E-state index contributed by atoms with van der Waals surface area (Å²) in [6.07, 6.45) is 0. The molecule has 5 heteroatoms. The maximum absolute atomic E-state index is 12.3. The Hall–Kier alpha value is -2.95. The molecule has 0 aliphatic rings. The molecule has 0 aliphatic heterocycles. The number of aryl methyl sites for hydroxylation is 3. The van der Waals surface area contributed by atoms with Crippen LogP contribution in [0.25, 0.3) is 5.69 Å². The van der Waals surface area contributed by atoms with Gasteiger partial charge >= 0.3 is 0 Å². The van der Waals surface area contributed by atoms with Crippen LogP contribution in [0.15, 0.2) is 48.5 Å². The minimum absolute atomic E-state index is 0.157. The fourth-order valence-corrected chi connectivity index (χ4v) is 2.33. The number of nitrogens with zero attached hydrogens (tertiary/aromatic N) is 3. The van der Waals surface area contributed by atoms with Crippen LogP contribution >= 0.6 is 0 Å². The third kappa shape index (κ3) is 3.29. The monoisotopic (exact) mass is 306 g/mol. The summed E-state index contributed by atoms with van der Waals surface area (Å²) in [5.41, 5.74) is 3.87. The molecular formula is C18H18N4O. The van der Waals surface area contributed by atoms with Gasteiger partial charge in [-0.1, -0.05) is 29.8 Å². The molecule has 0 bridgehead atoms. The van der Waals surface area contributed by atoms with E-state index < -0.39 is 0 Å². The Morgan fingerprint density at radius 2 is 1.74 bits per heavy atom. The Morgan fingerprint density at radius 1 is 1.00 bits per heavy atom. The van der Waals surface area contributed by atoms with Crippen molar-refractivity contribution < 1.29 is 4.79 Å². The minimum atomic E-state index is -0.315. The summed E-state index contributed by atoms with van der Waals surface area (Å²) in [4.78, 5) is 16.6. The number of rotatable bonds is 3. The summed E-state index contributed by atoms with van der Waals surface area (Å²) in [5.74, 6) is 0.511. The molecule has 1 heterocycles. The van der Waals surface area contributed by atoms with Gasteiger partial charge in [0.05, 0.1) is 5.69 Å². The van der Waals surface area contributed by atoms with Crippen LogP contribution < -0.4 is 5.32 Å². The minimum Gasteiger partial charge on any atom is -0.319 e. The zero-order chi connectivity index (χ0) is 16.4. The number of benzene rings is 2. The van der Waals surface area contributed by atoms with E-state index >= 15 is 0 Å². The number of anilines is 1. The lowest BCUT2D eigenvalue weighted by atomic mass is 10.2. The van der Waals surface area contributed by atoms with Crippen molar-refractivity contribution in [3.8, 4) is 5.69 Å². The van der Waals surface area contributed by atoms with Gasteiger partial charge in [0.25, 0.3) is 5.91 Å². The van der Waals surface area contributed by atoms with E-state index in [0.29, 0.717) is 5.82 Å². The molecule has 0 spiro atoms. The Bertz CT molecular complexity index is 850. The highest BCUT2D eigenvalue weighted by Crippen LogP contribution is 2.13. The molecule has 3 aromatic rings. The lowest BCUT2D eigenvalue weighted by molar-refractivity contribution is 0.101. The van der Waals surface area contributed by atoms with Crippen LogP contribution in [0.1, 0.15) is 27.6 Å². The van der Waals surface area contributed by atoms with Crippen LogP contribution in [0, 0.1) is 20.8 Å². The molecule has 23 heavy (non-hydrogen) atoms. The Balaban J connectivity index is 1.85. The molecule has 0 radical (unpaired) electrons. The van der Waals surface area contributed by atoms with Crippen molar-refractivity contribution in [1.82, 2.24) is 14.8 Å². The largest absolute Gasteiger partial charge is 0.319 e. The van der Waals surface area contributed by atoms with Crippen molar-refractivity contribution in [2.75, 3.05) is 5.32 Å². The Morgan fingerprint density at radius 3 is 2.43 bits per heavy atom. The van der Waals surface area contributed by atoms with Gasteiger partial charge in [-0.3, -0.25) is 4.79 Å². The fraction of sp³-hybridized carbons (Fsp3) is 0.167. The second-order valence-corrected chi connectivity index (χ2v) is 5.55. The average molecular weight is 306 g/mol. The van der Waals surface area contributed by atoms with E-state index in [0.717, 1.165) is 16.9 Å². The topological polar surface area (TPSA) is 59.8 Å². The van der Waals surface area contributed by atoms with E-state index in [1.807, 2.05) is 69.3 Å². The Labute approximate surface area is 135 Å². The van der Waals surface area contributed by atoms with Crippen molar-refractivity contribution in [2.45, 2.75) is 20.8 Å². The first kappa shape index (κ1) is 15.0. The van der Waals surface area contributed by atoms with E-state index in [1.165, 1.54) is 5.56 Å². The Kier molecular flexibility index (Phi) is 3.93. The molecule has 0 saturated heterocycles. The number of carbonyl (C=O) groups is 1. The number of amides is 1. The first-order valence-electron chi connectivity index (χ1n) is 7.41. The normalized spacial score (nSPS) is 10.6. The molecule has 0 saturated carbocycles. The highest BCUT2D eigenvalue weighted by Gasteiger charge is 2.15. The second-order valence-electron chi connectivity index (χ2n) is 5.55. The van der Waals surface area contributed by atoms with Crippen molar-refractivity contribution in [2.24, 2.45) is 0 Å². The lowest BCUT2D eigenvalue weighted by Crippen LogP contribution is -2.14. The van der Waals surface area contributed by atoms with E-state index in [9.17, 15) is 4.79 Å². The predicted molar refractivity (Wildman–Crippen MR) is 90.0 cm³/mol. The van der Waals surface area contributed by atoms with Gasteiger partial charge in [0, 0.05) is 5.69 Å². The van der Waals surface area contributed by atoms with E-state index in [2.05, 4.69) is 15.4 Å². The fourth-order valence-electron chi connectivity index (χ4n) is 2.33. The standard InChI is InChI=1S/C18H18N4O/c1-12-7-9-16(10-8-12)22-14(3)19-17(21-22)18(23)20-15-6-4-5-13(2)11-15/h4-11H,1-3H3,(H,20,23). The second kappa shape index (κ2) is 6.04. The highest BCUT2D eigenvalue weighted by molar-refractivity contribution is 6.01. The smallest absolute Gasteiger partial charge is 0.295 e. The maximum Gasteiger partial charge on any atom is 0.295 e. The van der Waals surface area contributed by atoms with Gasteiger partial charge < -0.3 is 5.32 Å². The van der Waals surface area contributed by atoms with Crippen molar-refractivity contribution in [3.05, 3.63) is 71.3 Å². The van der Waals surface area contributed by atoms with Gasteiger partial charge in [0.2, 0.25) is 5.82 Å². The van der Waals surface area contributed by atoms with Crippen LogP contribution in [0.2, 0.25) is 0 Å². The summed E-state index contributed by atoms with van der Waals surface area (Å²) < 4.78 is 1.67. The predicted octanol–water partition coefficient (Wildman–Crippen LogP) is 3.44. The first-order valence-corrected chi connectivity index (χ1v) is 7.41. The molecule has 116 valence electrons. The summed E-state index contributed by atoms with van der Waals surface area (Å²) >= 11 is 0. The van der Waals surface area contributed by atoms with Crippen molar-refractivity contribution >= 4 is 11.6 Å². The quantitative estimate of drug-likeness (QED) is 0.806. The highest BCUT2D eigenvalue weighted by atomic mass is 16.2. The van der Waals surface area contributed by atoms with Crippen LogP contribution in [-0.2, 0) is 0 Å². The zero-order valence-electron chi connectivity index (χ0n) is 13.4. The van der Waals surface area contributed by atoms with Crippen LogP contribution in [-0.4, -0.2) is 20.7 Å². The van der Waals surface area contributed by atoms with Gasteiger partial charge in [0.1, 0.15) is 5.82 Å². The van der Waals surface area contributed by atoms with Gasteiger partial charge in [0.15, 0.2) is 0 Å². The maximum atomic E-state index is 12.3. The van der Waals surface area contributed by atoms with Crippen molar-refractivity contribution in [1.29, 1.82) is 0 Å². The number of aromatic nitrogens is 3. The molecule has 5 nitrogen and oxygen atoms in total. The summed E-state index contributed by atoms with van der Waals surface area (Å²) in [5, 5.41) is 7.14. The van der Waals surface area contributed by atoms with Gasteiger partial charge in [-0.05, 0) is 50.6 Å². The summed E-state index contributed by atoms with van der Waals surface area (Å²) in [7, 11) is 0. The molecule has 1 N–H and O–H groups in total. The third-order valence-corrected chi connectivity index (χ3v) is 3.53. The molecule has 0 fully saturated rings. The molecule has 1 aromatic heterocycles. The molecule has 2 aromatic carbocycles. The van der Waals surface area contributed by atoms with Crippen LogP contribution in [0.5, 0.6) is 0 Å². The zero-order valence-corrected chi connectivity index (χ0v) is 13.4. The molecule has 1 amide bonds. The molecule has 0 aliphatic carbocycles. The first-order chi connectivity index (χ1) is 11.0. The van der Waals surface area contributed by atoms with Gasteiger partial charge in [-0.2, -0.15) is 0 Å². The van der Waals surface area contributed by atoms with Gasteiger partial charge in [-0.25, -0.2) is 9.67 Å². The SMILES string of the molecule is Cc1ccc(-n2nc(C(=O)Nc3cccc(C)c3)nc2C)cc1. The van der Waals surface area contributed by atoms with Gasteiger partial charge in [-0.15, -0.1) is 5.10 Å². The number of hydrogen-bond donors (Lipinski definition) is 1. The van der Waals surface area contributed by atoms with Crippen molar-refractivity contribution in [3.63, 3.8) is 0 Å². The van der Waals surface area contributed by atoms with Crippen LogP contribution in [0.3, 0.4) is 0 Å². The summed E-state index contributed by atoms with van der Waals surface area (Å²) in [6.45, 7) is 5.83.